The Morgan fingerprint density at radius 2 is 1.81 bits per heavy atom. The molecule has 2 unspecified atom stereocenters. The summed E-state index contributed by atoms with van der Waals surface area (Å²) in [6, 6.07) is 6.18. The maximum Gasteiger partial charge on any atom is 0.127 e. The van der Waals surface area contributed by atoms with Gasteiger partial charge >= 0.3 is 0 Å². The molecule has 3 heterocycles. The molecule has 1 aromatic carbocycles. The molecule has 0 aromatic heterocycles. The van der Waals surface area contributed by atoms with Crippen molar-refractivity contribution >= 4 is 11.6 Å². The lowest BCUT2D eigenvalue weighted by Gasteiger charge is -2.28. The predicted molar refractivity (Wildman–Crippen MR) is 123 cm³/mol. The summed E-state index contributed by atoms with van der Waals surface area (Å²) in [6.45, 7) is 13.4. The smallest absolute Gasteiger partial charge is 0.127 e. The minimum atomic E-state index is -0.472. The molecule has 166 valence electrons. The zero-order chi connectivity index (χ0) is 22.4. The van der Waals surface area contributed by atoms with Crippen LogP contribution in [0.1, 0.15) is 38.8 Å². The molecule has 0 saturated heterocycles. The summed E-state index contributed by atoms with van der Waals surface area (Å²) in [6.07, 6.45) is 10.6. The van der Waals surface area contributed by atoms with Gasteiger partial charge in [-0.2, -0.15) is 0 Å². The lowest BCUT2D eigenvalue weighted by molar-refractivity contribution is 0.0292. The van der Waals surface area contributed by atoms with E-state index in [1.54, 1.807) is 18.6 Å². The standard InChI is InChI=1S/C14H16O.C12H16O4/c1-10(2)11-5-6-13-12(9-11)7-8-14(3,4)15-13;1-9-10-2-4-14-6-7-15-5-3-12(10)16-8-11(9)13/h5-9H,1H2,2-4H3;2-5,9,11,13H,6-8H2,1H3/b;4-2+,5-3+. The van der Waals surface area contributed by atoms with Crippen molar-refractivity contribution in [3.05, 3.63) is 78.0 Å². The maximum absolute atomic E-state index is 9.72. The summed E-state index contributed by atoms with van der Waals surface area (Å²) in [4.78, 5) is 0. The first-order chi connectivity index (χ1) is 14.8. The Balaban J connectivity index is 0.000000176. The Labute approximate surface area is 185 Å². The number of ether oxygens (including phenoxy) is 4. The van der Waals surface area contributed by atoms with Crippen LogP contribution >= 0.6 is 0 Å². The largest absolute Gasteiger partial charge is 0.498 e. The first-order valence-corrected chi connectivity index (χ1v) is 10.6. The van der Waals surface area contributed by atoms with Gasteiger partial charge in [-0.1, -0.05) is 31.2 Å². The summed E-state index contributed by atoms with van der Waals surface area (Å²) in [5, 5.41) is 9.72. The third-order valence-corrected chi connectivity index (χ3v) is 5.28. The number of fused-ring (bicyclic) bond motifs is 1. The van der Waals surface area contributed by atoms with Crippen LogP contribution in [-0.4, -0.2) is 36.6 Å². The highest BCUT2D eigenvalue weighted by atomic mass is 16.5. The van der Waals surface area contributed by atoms with Crippen LogP contribution in [0.2, 0.25) is 0 Å². The highest BCUT2D eigenvalue weighted by Gasteiger charge is 2.26. The zero-order valence-electron chi connectivity index (χ0n) is 18.8. The Kier molecular flexibility index (Phi) is 7.29. The van der Waals surface area contributed by atoms with E-state index in [1.165, 1.54) is 5.56 Å². The average molecular weight is 425 g/mol. The van der Waals surface area contributed by atoms with Crippen molar-refractivity contribution < 1.29 is 24.1 Å². The fraction of sp³-hybridized carbons (Fsp3) is 0.385. The predicted octanol–water partition coefficient (Wildman–Crippen LogP) is 5.25. The molecular weight excluding hydrogens is 392 g/mol. The zero-order valence-corrected chi connectivity index (χ0v) is 18.8. The molecule has 0 bridgehead atoms. The van der Waals surface area contributed by atoms with Gasteiger partial charge in [0.05, 0.1) is 18.6 Å². The van der Waals surface area contributed by atoms with Crippen molar-refractivity contribution in [2.75, 3.05) is 19.8 Å². The number of aliphatic hydroxyl groups is 1. The van der Waals surface area contributed by atoms with Crippen molar-refractivity contribution in [1.82, 2.24) is 0 Å². The van der Waals surface area contributed by atoms with Gasteiger partial charge in [0.1, 0.15) is 36.9 Å². The Morgan fingerprint density at radius 1 is 1.10 bits per heavy atom. The molecule has 5 heteroatoms. The molecule has 3 aliphatic heterocycles. The molecule has 0 saturated carbocycles. The van der Waals surface area contributed by atoms with E-state index in [4.69, 9.17) is 18.9 Å². The van der Waals surface area contributed by atoms with Crippen molar-refractivity contribution in [2.24, 2.45) is 5.92 Å². The number of aliphatic hydroxyl groups excluding tert-OH is 1. The van der Waals surface area contributed by atoms with Gasteiger partial charge in [-0.25, -0.2) is 0 Å². The second kappa shape index (κ2) is 9.92. The summed E-state index contributed by atoms with van der Waals surface area (Å²) in [5.74, 6) is 1.72. The molecule has 0 aliphatic carbocycles. The second-order valence-electron chi connectivity index (χ2n) is 8.41. The monoisotopic (exact) mass is 424 g/mol. The quantitative estimate of drug-likeness (QED) is 0.668. The fourth-order valence-electron chi connectivity index (χ4n) is 3.32. The van der Waals surface area contributed by atoms with Crippen molar-refractivity contribution in [2.45, 2.75) is 39.4 Å². The van der Waals surface area contributed by atoms with Gasteiger partial charge in [-0.3, -0.25) is 0 Å². The molecule has 0 amide bonds. The average Bonchev–Trinajstić information content (AvgIpc) is 2.74. The maximum atomic E-state index is 9.72. The number of hydrogen-bond donors (Lipinski definition) is 1. The molecule has 1 aromatic rings. The minimum Gasteiger partial charge on any atom is -0.498 e. The van der Waals surface area contributed by atoms with Crippen LogP contribution in [-0.2, 0) is 14.2 Å². The third kappa shape index (κ3) is 6.05. The third-order valence-electron chi connectivity index (χ3n) is 5.28. The van der Waals surface area contributed by atoms with Crippen LogP contribution in [0.4, 0.5) is 0 Å². The van der Waals surface area contributed by atoms with E-state index >= 15 is 0 Å². The van der Waals surface area contributed by atoms with Gasteiger partial charge in [0.25, 0.3) is 0 Å². The topological polar surface area (TPSA) is 57.2 Å². The molecule has 1 N–H and O–H groups in total. The molecule has 0 radical (unpaired) electrons. The molecule has 2 atom stereocenters. The Bertz CT molecular complexity index is 920. The van der Waals surface area contributed by atoms with E-state index in [2.05, 4.69) is 44.7 Å². The molecule has 4 rings (SSSR count). The Morgan fingerprint density at radius 3 is 2.52 bits per heavy atom. The van der Waals surface area contributed by atoms with E-state index in [-0.39, 0.29) is 11.5 Å². The van der Waals surface area contributed by atoms with E-state index in [0.717, 1.165) is 28.2 Å². The van der Waals surface area contributed by atoms with E-state index < -0.39 is 6.10 Å². The summed E-state index contributed by atoms with van der Waals surface area (Å²) in [7, 11) is 0. The summed E-state index contributed by atoms with van der Waals surface area (Å²) < 4.78 is 21.7. The first kappa shape index (κ1) is 22.8. The minimum absolute atomic E-state index is 0.0349. The van der Waals surface area contributed by atoms with Gasteiger partial charge in [0.15, 0.2) is 0 Å². The first-order valence-electron chi connectivity index (χ1n) is 10.6. The normalized spacial score (nSPS) is 25.6. The molecule has 0 fully saturated rings. The number of hydrogen-bond acceptors (Lipinski definition) is 5. The van der Waals surface area contributed by atoms with E-state index in [9.17, 15) is 5.11 Å². The van der Waals surface area contributed by atoms with E-state index in [1.807, 2.05) is 26.0 Å². The van der Waals surface area contributed by atoms with Gasteiger partial charge in [0.2, 0.25) is 0 Å². The molecule has 3 aliphatic rings. The highest BCUT2D eigenvalue weighted by Crippen LogP contribution is 2.32. The molecule has 0 spiro atoms. The number of rotatable bonds is 1. The lowest BCUT2D eigenvalue weighted by atomic mass is 9.92. The van der Waals surface area contributed by atoms with Gasteiger partial charge in [-0.15, -0.1) is 0 Å². The van der Waals surface area contributed by atoms with E-state index in [0.29, 0.717) is 19.8 Å². The SMILES string of the molecule is C=C(C)c1ccc2c(c1)C=CC(C)(C)O2.CC1C2=C(/C=C/OCCO/C=C/2)OCC1O. The second-order valence-corrected chi connectivity index (χ2v) is 8.41. The van der Waals surface area contributed by atoms with Crippen molar-refractivity contribution in [3.8, 4) is 5.75 Å². The highest BCUT2D eigenvalue weighted by molar-refractivity contribution is 5.69. The number of allylic oxidation sites excluding steroid dienone is 3. The van der Waals surface area contributed by atoms with Crippen LogP contribution in [0.25, 0.3) is 11.6 Å². The van der Waals surface area contributed by atoms with Crippen LogP contribution in [0.5, 0.6) is 5.75 Å². The van der Waals surface area contributed by atoms with Crippen molar-refractivity contribution in [3.63, 3.8) is 0 Å². The summed E-state index contributed by atoms with van der Waals surface area (Å²) in [5.41, 5.74) is 4.12. The fourth-order valence-corrected chi connectivity index (χ4v) is 3.32. The molecule has 5 nitrogen and oxygen atoms in total. The lowest BCUT2D eigenvalue weighted by Crippen LogP contribution is -2.30. The molecular formula is C26H32O5. The number of benzene rings is 1. The molecule has 31 heavy (non-hydrogen) atoms. The van der Waals surface area contributed by atoms with Crippen LogP contribution in [0.15, 0.2) is 66.9 Å². The summed E-state index contributed by atoms with van der Waals surface area (Å²) >= 11 is 0. The van der Waals surface area contributed by atoms with Gasteiger partial charge < -0.3 is 24.1 Å². The van der Waals surface area contributed by atoms with Crippen LogP contribution in [0, 0.1) is 5.92 Å². The van der Waals surface area contributed by atoms with Crippen LogP contribution < -0.4 is 4.74 Å². The Hall–Kier alpha value is -2.92. The van der Waals surface area contributed by atoms with Gasteiger partial charge in [0, 0.05) is 23.1 Å². The van der Waals surface area contributed by atoms with Gasteiger partial charge in [-0.05, 0) is 50.6 Å². The van der Waals surface area contributed by atoms with Crippen molar-refractivity contribution in [1.29, 1.82) is 0 Å². The van der Waals surface area contributed by atoms with Crippen LogP contribution in [0.3, 0.4) is 0 Å².